The highest BCUT2D eigenvalue weighted by Gasteiger charge is 2.21. The van der Waals surface area contributed by atoms with Gasteiger partial charge in [-0.1, -0.05) is 0 Å². The molecule has 0 saturated carbocycles. The SMILES string of the molecule is OC[C@H]1CSCC[C@H]1O. The van der Waals surface area contributed by atoms with E-state index in [-0.39, 0.29) is 18.6 Å². The maximum Gasteiger partial charge on any atom is 0.0606 e. The van der Waals surface area contributed by atoms with Gasteiger partial charge in [0, 0.05) is 18.3 Å². The van der Waals surface area contributed by atoms with Gasteiger partial charge in [0.25, 0.3) is 0 Å². The first-order valence-corrected chi connectivity index (χ1v) is 4.36. The molecular formula is C6H12O2S. The van der Waals surface area contributed by atoms with Gasteiger partial charge in [0.1, 0.15) is 0 Å². The fraction of sp³-hybridized carbons (Fsp3) is 1.00. The molecule has 1 heterocycles. The van der Waals surface area contributed by atoms with E-state index in [4.69, 9.17) is 5.11 Å². The number of rotatable bonds is 1. The van der Waals surface area contributed by atoms with Crippen molar-refractivity contribution in [3.63, 3.8) is 0 Å². The summed E-state index contributed by atoms with van der Waals surface area (Å²) < 4.78 is 0. The van der Waals surface area contributed by atoms with Crippen molar-refractivity contribution in [3.05, 3.63) is 0 Å². The van der Waals surface area contributed by atoms with Gasteiger partial charge in [0.15, 0.2) is 0 Å². The monoisotopic (exact) mass is 148 g/mol. The van der Waals surface area contributed by atoms with Crippen LogP contribution in [0.2, 0.25) is 0 Å². The molecule has 3 heteroatoms. The molecule has 0 aliphatic carbocycles. The zero-order valence-electron chi connectivity index (χ0n) is 5.29. The largest absolute Gasteiger partial charge is 0.396 e. The van der Waals surface area contributed by atoms with E-state index in [2.05, 4.69) is 0 Å². The molecule has 0 bridgehead atoms. The maximum atomic E-state index is 9.20. The molecule has 0 unspecified atom stereocenters. The Labute approximate surface area is 59.3 Å². The lowest BCUT2D eigenvalue weighted by molar-refractivity contribution is 0.0744. The van der Waals surface area contributed by atoms with E-state index in [0.717, 1.165) is 17.9 Å². The van der Waals surface area contributed by atoms with Crippen LogP contribution in [-0.4, -0.2) is 34.4 Å². The van der Waals surface area contributed by atoms with Crippen molar-refractivity contribution < 1.29 is 10.2 Å². The lowest BCUT2D eigenvalue weighted by Crippen LogP contribution is -2.30. The predicted octanol–water partition coefficient (Wildman–Crippen LogP) is 0.0927. The Kier molecular flexibility index (Phi) is 2.82. The van der Waals surface area contributed by atoms with E-state index in [1.165, 1.54) is 0 Å². The molecule has 1 saturated heterocycles. The predicted molar refractivity (Wildman–Crippen MR) is 38.5 cm³/mol. The first-order valence-electron chi connectivity index (χ1n) is 3.21. The Balaban J connectivity index is 2.30. The average Bonchev–Trinajstić information content (AvgIpc) is 1.89. The van der Waals surface area contributed by atoms with E-state index < -0.39 is 0 Å². The van der Waals surface area contributed by atoms with Crippen LogP contribution in [0.15, 0.2) is 0 Å². The number of aliphatic hydroxyl groups is 2. The van der Waals surface area contributed by atoms with E-state index in [1.807, 2.05) is 11.8 Å². The van der Waals surface area contributed by atoms with Crippen LogP contribution in [0.3, 0.4) is 0 Å². The highest BCUT2D eigenvalue weighted by atomic mass is 32.2. The molecule has 1 aliphatic rings. The van der Waals surface area contributed by atoms with Crippen molar-refractivity contribution in [2.75, 3.05) is 18.1 Å². The van der Waals surface area contributed by atoms with Crippen LogP contribution < -0.4 is 0 Å². The van der Waals surface area contributed by atoms with Gasteiger partial charge >= 0.3 is 0 Å². The number of hydrogen-bond acceptors (Lipinski definition) is 3. The standard InChI is InChI=1S/C6H12O2S/c7-3-5-4-9-2-1-6(5)8/h5-8H,1-4H2/t5-,6+/m0/s1. The number of hydrogen-bond donors (Lipinski definition) is 2. The summed E-state index contributed by atoms with van der Waals surface area (Å²) >= 11 is 1.81. The average molecular weight is 148 g/mol. The molecule has 2 nitrogen and oxygen atoms in total. The van der Waals surface area contributed by atoms with Crippen LogP contribution in [0, 0.1) is 5.92 Å². The second-order valence-corrected chi connectivity index (χ2v) is 3.52. The second-order valence-electron chi connectivity index (χ2n) is 2.37. The fourth-order valence-electron chi connectivity index (χ4n) is 0.960. The molecule has 2 atom stereocenters. The minimum Gasteiger partial charge on any atom is -0.396 e. The summed E-state index contributed by atoms with van der Waals surface area (Å²) in [6.45, 7) is 0.133. The zero-order chi connectivity index (χ0) is 6.69. The Hall–Kier alpha value is 0.270. The van der Waals surface area contributed by atoms with Crippen molar-refractivity contribution in [3.8, 4) is 0 Å². The van der Waals surface area contributed by atoms with Gasteiger partial charge in [-0.25, -0.2) is 0 Å². The molecule has 0 aromatic rings. The van der Waals surface area contributed by atoms with Gasteiger partial charge in [-0.2, -0.15) is 11.8 Å². The van der Waals surface area contributed by atoms with Gasteiger partial charge < -0.3 is 10.2 Å². The molecule has 1 rings (SSSR count). The van der Waals surface area contributed by atoms with Crippen LogP contribution in [0.5, 0.6) is 0 Å². The van der Waals surface area contributed by atoms with Crippen LogP contribution in [-0.2, 0) is 0 Å². The van der Waals surface area contributed by atoms with Gasteiger partial charge in [0.05, 0.1) is 6.10 Å². The van der Waals surface area contributed by atoms with Crippen LogP contribution in [0.25, 0.3) is 0 Å². The molecule has 0 amide bonds. The van der Waals surface area contributed by atoms with E-state index in [0.29, 0.717) is 0 Å². The van der Waals surface area contributed by atoms with E-state index in [1.54, 1.807) is 0 Å². The molecule has 0 aromatic heterocycles. The minimum absolute atomic E-state index is 0.128. The van der Waals surface area contributed by atoms with Crippen molar-refractivity contribution in [1.29, 1.82) is 0 Å². The molecule has 0 aromatic carbocycles. The third-order valence-electron chi connectivity index (χ3n) is 1.67. The quantitative estimate of drug-likeness (QED) is 0.554. The van der Waals surface area contributed by atoms with Gasteiger partial charge in [-0.3, -0.25) is 0 Å². The number of aliphatic hydroxyl groups excluding tert-OH is 2. The van der Waals surface area contributed by atoms with Crippen LogP contribution >= 0.6 is 11.8 Å². The number of thioether (sulfide) groups is 1. The normalized spacial score (nSPS) is 36.7. The second kappa shape index (κ2) is 3.44. The molecular weight excluding hydrogens is 136 g/mol. The zero-order valence-corrected chi connectivity index (χ0v) is 6.10. The molecule has 9 heavy (non-hydrogen) atoms. The fourth-order valence-corrected chi connectivity index (χ4v) is 2.17. The summed E-state index contributed by atoms with van der Waals surface area (Å²) in [5.74, 6) is 2.08. The molecule has 2 N–H and O–H groups in total. The summed E-state index contributed by atoms with van der Waals surface area (Å²) in [5.41, 5.74) is 0. The maximum absolute atomic E-state index is 9.20. The summed E-state index contributed by atoms with van der Waals surface area (Å²) in [4.78, 5) is 0. The van der Waals surface area contributed by atoms with E-state index in [9.17, 15) is 5.11 Å². The Bertz CT molecular complexity index is 87.1. The lowest BCUT2D eigenvalue weighted by Gasteiger charge is -2.24. The minimum atomic E-state index is -0.253. The molecule has 0 radical (unpaired) electrons. The van der Waals surface area contributed by atoms with E-state index >= 15 is 0 Å². The van der Waals surface area contributed by atoms with Crippen molar-refractivity contribution in [2.45, 2.75) is 12.5 Å². The summed E-state index contributed by atoms with van der Waals surface area (Å²) in [6, 6.07) is 0. The van der Waals surface area contributed by atoms with Crippen LogP contribution in [0.4, 0.5) is 0 Å². The first kappa shape index (κ1) is 7.38. The van der Waals surface area contributed by atoms with Crippen LogP contribution in [0.1, 0.15) is 6.42 Å². The molecule has 54 valence electrons. The Morgan fingerprint density at radius 3 is 2.78 bits per heavy atom. The van der Waals surface area contributed by atoms with Crippen molar-refractivity contribution in [1.82, 2.24) is 0 Å². The highest BCUT2D eigenvalue weighted by Crippen LogP contribution is 2.22. The summed E-state index contributed by atoms with van der Waals surface area (Å²) in [7, 11) is 0. The van der Waals surface area contributed by atoms with Gasteiger partial charge in [0.2, 0.25) is 0 Å². The smallest absolute Gasteiger partial charge is 0.0606 e. The first-order chi connectivity index (χ1) is 4.34. The highest BCUT2D eigenvalue weighted by molar-refractivity contribution is 7.99. The topological polar surface area (TPSA) is 40.5 Å². The lowest BCUT2D eigenvalue weighted by atomic mass is 10.0. The third-order valence-corrected chi connectivity index (χ3v) is 2.86. The van der Waals surface area contributed by atoms with Crippen molar-refractivity contribution >= 4 is 11.8 Å². The summed E-state index contributed by atoms with van der Waals surface area (Å²) in [6.07, 6.45) is 0.590. The molecule has 0 spiro atoms. The Morgan fingerprint density at radius 1 is 1.56 bits per heavy atom. The summed E-state index contributed by atoms with van der Waals surface area (Å²) in [5, 5.41) is 17.9. The van der Waals surface area contributed by atoms with Gasteiger partial charge in [-0.05, 0) is 12.2 Å². The van der Waals surface area contributed by atoms with Gasteiger partial charge in [-0.15, -0.1) is 0 Å². The third kappa shape index (κ3) is 1.85. The Morgan fingerprint density at radius 2 is 2.33 bits per heavy atom. The molecule has 1 aliphatic heterocycles. The molecule has 1 fully saturated rings. The van der Waals surface area contributed by atoms with Crippen molar-refractivity contribution in [2.24, 2.45) is 5.92 Å².